The van der Waals surface area contributed by atoms with Gasteiger partial charge in [-0.05, 0) is 38.2 Å². The third kappa shape index (κ3) is 3.45. The Labute approximate surface area is 138 Å². The van der Waals surface area contributed by atoms with Crippen LogP contribution in [0.4, 0.5) is 0 Å². The number of hydrogen-bond acceptors (Lipinski definition) is 2. The van der Waals surface area contributed by atoms with E-state index in [0.29, 0.717) is 0 Å². The summed E-state index contributed by atoms with van der Waals surface area (Å²) in [5.41, 5.74) is 3.49. The van der Waals surface area contributed by atoms with Gasteiger partial charge in [0.25, 0.3) is 0 Å². The zero-order valence-electron chi connectivity index (χ0n) is 14.1. The second-order valence-corrected chi connectivity index (χ2v) is 5.82. The Morgan fingerprint density at radius 3 is 2.35 bits per heavy atom. The molecule has 120 valence electrons. The highest BCUT2D eigenvalue weighted by atomic mass is 15.1. The van der Waals surface area contributed by atoms with Gasteiger partial charge in [-0.3, -0.25) is 0 Å². The smallest absolute Gasteiger partial charge is 0.141 e. The van der Waals surface area contributed by atoms with Crippen molar-refractivity contribution in [2.75, 3.05) is 19.6 Å². The molecule has 0 saturated heterocycles. The van der Waals surface area contributed by atoms with E-state index in [2.05, 4.69) is 77.9 Å². The van der Waals surface area contributed by atoms with Crippen molar-refractivity contribution in [2.45, 2.75) is 26.8 Å². The molecule has 3 heteroatoms. The first-order valence-electron chi connectivity index (χ1n) is 8.56. The Bertz CT molecular complexity index is 742. The summed E-state index contributed by atoms with van der Waals surface area (Å²) in [7, 11) is 0. The molecule has 0 atom stereocenters. The van der Waals surface area contributed by atoms with Crippen LogP contribution in [0.2, 0.25) is 0 Å². The second-order valence-electron chi connectivity index (χ2n) is 5.82. The topological polar surface area (TPSA) is 21.1 Å². The molecule has 3 nitrogen and oxygen atoms in total. The third-order valence-corrected chi connectivity index (χ3v) is 4.44. The van der Waals surface area contributed by atoms with Crippen LogP contribution in [0, 0.1) is 0 Å². The predicted octanol–water partition coefficient (Wildman–Crippen LogP) is 4.44. The van der Waals surface area contributed by atoms with Crippen LogP contribution >= 0.6 is 0 Å². The minimum Gasteiger partial charge on any atom is -0.324 e. The summed E-state index contributed by atoms with van der Waals surface area (Å²) in [4.78, 5) is 7.34. The number of rotatable bonds is 7. The van der Waals surface area contributed by atoms with E-state index in [9.17, 15) is 0 Å². The Morgan fingerprint density at radius 1 is 0.913 bits per heavy atom. The molecule has 0 radical (unpaired) electrons. The van der Waals surface area contributed by atoms with Crippen LogP contribution in [0.25, 0.3) is 22.4 Å². The third-order valence-electron chi connectivity index (χ3n) is 4.44. The number of benzene rings is 2. The van der Waals surface area contributed by atoms with Gasteiger partial charge in [0.1, 0.15) is 5.82 Å². The fourth-order valence-corrected chi connectivity index (χ4v) is 3.10. The van der Waals surface area contributed by atoms with E-state index >= 15 is 0 Å². The minimum atomic E-state index is 1.00. The molecule has 0 saturated carbocycles. The van der Waals surface area contributed by atoms with Crippen molar-refractivity contribution in [1.29, 1.82) is 0 Å². The molecular weight excluding hydrogens is 282 g/mol. The molecule has 0 fully saturated rings. The molecule has 0 unspecified atom stereocenters. The maximum atomic E-state index is 4.87. The summed E-state index contributed by atoms with van der Waals surface area (Å²) in [5.74, 6) is 1.08. The Kier molecular flexibility index (Phi) is 5.09. The van der Waals surface area contributed by atoms with Crippen LogP contribution in [0.1, 0.15) is 20.3 Å². The molecule has 0 aliphatic rings. The lowest BCUT2D eigenvalue weighted by Crippen LogP contribution is -2.24. The van der Waals surface area contributed by atoms with Gasteiger partial charge in [0.2, 0.25) is 0 Å². The van der Waals surface area contributed by atoms with E-state index in [1.54, 1.807) is 0 Å². The quantitative estimate of drug-likeness (QED) is 0.643. The highest BCUT2D eigenvalue weighted by molar-refractivity contribution is 5.80. The van der Waals surface area contributed by atoms with Crippen molar-refractivity contribution in [1.82, 2.24) is 14.5 Å². The van der Waals surface area contributed by atoms with Crippen molar-refractivity contribution >= 4 is 11.0 Å². The highest BCUT2D eigenvalue weighted by Crippen LogP contribution is 2.24. The van der Waals surface area contributed by atoms with E-state index < -0.39 is 0 Å². The second kappa shape index (κ2) is 7.42. The van der Waals surface area contributed by atoms with Gasteiger partial charge in [-0.2, -0.15) is 0 Å². The molecule has 0 aliphatic carbocycles. The summed E-state index contributed by atoms with van der Waals surface area (Å²) < 4.78 is 2.37. The molecule has 0 N–H and O–H groups in total. The van der Waals surface area contributed by atoms with Crippen LogP contribution in [0.3, 0.4) is 0 Å². The number of aryl methyl sites for hydroxylation is 1. The molecule has 1 aromatic heterocycles. The monoisotopic (exact) mass is 307 g/mol. The first kappa shape index (κ1) is 15.8. The van der Waals surface area contributed by atoms with Crippen molar-refractivity contribution in [3.05, 3.63) is 54.6 Å². The summed E-state index contributed by atoms with van der Waals surface area (Å²) in [6, 6.07) is 18.9. The summed E-state index contributed by atoms with van der Waals surface area (Å²) >= 11 is 0. The van der Waals surface area contributed by atoms with Crippen LogP contribution in [-0.2, 0) is 6.54 Å². The SMILES string of the molecule is CCN(CC)CCCn1c(-c2ccccc2)nc2ccccc21. The van der Waals surface area contributed by atoms with Gasteiger partial charge in [0.15, 0.2) is 0 Å². The molecule has 1 heterocycles. The molecule has 0 amide bonds. The fraction of sp³-hybridized carbons (Fsp3) is 0.350. The van der Waals surface area contributed by atoms with Gasteiger partial charge in [-0.1, -0.05) is 56.3 Å². The number of aromatic nitrogens is 2. The van der Waals surface area contributed by atoms with Crippen molar-refractivity contribution in [3.8, 4) is 11.4 Å². The number of hydrogen-bond donors (Lipinski definition) is 0. The summed E-state index contributed by atoms with van der Waals surface area (Å²) in [6.45, 7) is 8.82. The average Bonchev–Trinajstić information content (AvgIpc) is 2.98. The molecular formula is C20H25N3. The number of nitrogens with zero attached hydrogens (tertiary/aromatic N) is 3. The first-order chi connectivity index (χ1) is 11.3. The molecule has 0 spiro atoms. The van der Waals surface area contributed by atoms with Crippen molar-refractivity contribution in [3.63, 3.8) is 0 Å². The van der Waals surface area contributed by atoms with E-state index in [0.717, 1.165) is 43.9 Å². The highest BCUT2D eigenvalue weighted by Gasteiger charge is 2.12. The zero-order valence-corrected chi connectivity index (χ0v) is 14.1. The largest absolute Gasteiger partial charge is 0.324 e. The average molecular weight is 307 g/mol. The molecule has 0 aliphatic heterocycles. The first-order valence-corrected chi connectivity index (χ1v) is 8.56. The van der Waals surface area contributed by atoms with E-state index in [-0.39, 0.29) is 0 Å². The zero-order chi connectivity index (χ0) is 16.1. The molecule has 0 bridgehead atoms. The summed E-state index contributed by atoms with van der Waals surface area (Å²) in [6.07, 6.45) is 1.14. The lowest BCUT2D eigenvalue weighted by Gasteiger charge is -2.18. The lowest BCUT2D eigenvalue weighted by atomic mass is 10.2. The van der Waals surface area contributed by atoms with Crippen LogP contribution in [0.15, 0.2) is 54.6 Å². The molecule has 23 heavy (non-hydrogen) atoms. The van der Waals surface area contributed by atoms with Crippen molar-refractivity contribution in [2.24, 2.45) is 0 Å². The van der Waals surface area contributed by atoms with Gasteiger partial charge in [-0.25, -0.2) is 4.98 Å². The summed E-state index contributed by atoms with van der Waals surface area (Å²) in [5, 5.41) is 0. The van der Waals surface area contributed by atoms with Crippen LogP contribution in [0.5, 0.6) is 0 Å². The maximum Gasteiger partial charge on any atom is 0.141 e. The van der Waals surface area contributed by atoms with Crippen LogP contribution < -0.4 is 0 Å². The lowest BCUT2D eigenvalue weighted by molar-refractivity contribution is 0.294. The number of imidazole rings is 1. The van der Waals surface area contributed by atoms with Crippen LogP contribution in [-0.4, -0.2) is 34.1 Å². The maximum absolute atomic E-state index is 4.87. The Balaban J connectivity index is 1.91. The molecule has 2 aromatic carbocycles. The fourth-order valence-electron chi connectivity index (χ4n) is 3.10. The van der Waals surface area contributed by atoms with E-state index in [1.807, 2.05) is 0 Å². The van der Waals surface area contributed by atoms with Crippen molar-refractivity contribution < 1.29 is 0 Å². The van der Waals surface area contributed by atoms with Gasteiger partial charge in [-0.15, -0.1) is 0 Å². The number of para-hydroxylation sites is 2. The molecule has 3 aromatic rings. The van der Waals surface area contributed by atoms with Gasteiger partial charge >= 0.3 is 0 Å². The van der Waals surface area contributed by atoms with E-state index in [4.69, 9.17) is 4.98 Å². The van der Waals surface area contributed by atoms with E-state index in [1.165, 1.54) is 11.1 Å². The normalized spacial score (nSPS) is 11.4. The van der Waals surface area contributed by atoms with Gasteiger partial charge in [0.05, 0.1) is 11.0 Å². The van der Waals surface area contributed by atoms with Gasteiger partial charge < -0.3 is 9.47 Å². The Morgan fingerprint density at radius 2 is 1.61 bits per heavy atom. The number of fused-ring (bicyclic) bond motifs is 1. The Hall–Kier alpha value is -2.13. The standard InChI is InChI=1S/C20H25N3/c1-3-22(4-2)15-10-16-23-19-14-9-8-13-18(19)21-20(23)17-11-6-5-7-12-17/h5-9,11-14H,3-4,10,15-16H2,1-2H3. The van der Waals surface area contributed by atoms with Gasteiger partial charge in [0, 0.05) is 12.1 Å². The minimum absolute atomic E-state index is 1.00. The predicted molar refractivity (Wildman–Crippen MR) is 97.6 cm³/mol. The molecule has 3 rings (SSSR count).